The molecule has 0 atom stereocenters. The summed E-state index contributed by atoms with van der Waals surface area (Å²) in [6, 6.07) is 0. The predicted molar refractivity (Wildman–Crippen MR) is 54.7 cm³/mol. The van der Waals surface area contributed by atoms with Crippen molar-refractivity contribution < 1.29 is 9.90 Å². The van der Waals surface area contributed by atoms with E-state index in [1.807, 2.05) is 0 Å². The molecular weight excluding hydrogens is 206 g/mol. The maximum Gasteiger partial charge on any atom is 0.347 e. The fourth-order valence-corrected chi connectivity index (χ4v) is 2.97. The zero-order valence-corrected chi connectivity index (χ0v) is 9.33. The van der Waals surface area contributed by atoms with Gasteiger partial charge in [-0.25, -0.2) is 9.78 Å². The van der Waals surface area contributed by atoms with E-state index in [4.69, 9.17) is 5.11 Å². The molecule has 0 unspecified atom stereocenters. The van der Waals surface area contributed by atoms with Crippen molar-refractivity contribution >= 4 is 29.1 Å². The summed E-state index contributed by atoms with van der Waals surface area (Å²) in [6.07, 6.45) is 1.40. The van der Waals surface area contributed by atoms with E-state index in [1.165, 1.54) is 17.5 Å². The number of aromatic carboxylic acids is 1. The van der Waals surface area contributed by atoms with Crippen molar-refractivity contribution in [3.8, 4) is 0 Å². The second-order valence-corrected chi connectivity index (χ2v) is 6.61. The Labute approximate surface area is 85.2 Å². The fraction of sp³-hybridized carbons (Fsp3) is 0.500. The molecule has 0 radical (unpaired) electrons. The number of hydrogen-bond acceptors (Lipinski definition) is 4. The SMILES string of the molecule is CC(C)(C)Sc1ncc(C(=O)O)s1. The lowest BCUT2D eigenvalue weighted by Gasteiger charge is -2.14. The highest BCUT2D eigenvalue weighted by Crippen LogP contribution is 2.34. The van der Waals surface area contributed by atoms with Crippen molar-refractivity contribution in [1.82, 2.24) is 4.98 Å². The summed E-state index contributed by atoms with van der Waals surface area (Å²) < 4.78 is 0.887. The third-order valence-corrected chi connectivity index (χ3v) is 3.26. The minimum absolute atomic E-state index is 0.0770. The second-order valence-electron chi connectivity index (χ2n) is 3.51. The largest absolute Gasteiger partial charge is 0.477 e. The summed E-state index contributed by atoms with van der Waals surface area (Å²) in [6.45, 7) is 6.21. The lowest BCUT2D eigenvalue weighted by molar-refractivity contribution is 0.0702. The lowest BCUT2D eigenvalue weighted by Crippen LogP contribution is -2.06. The zero-order chi connectivity index (χ0) is 10.1. The first-order valence-corrected chi connectivity index (χ1v) is 5.40. The molecule has 13 heavy (non-hydrogen) atoms. The maximum atomic E-state index is 10.5. The first kappa shape index (κ1) is 10.5. The van der Waals surface area contributed by atoms with Crippen molar-refractivity contribution in [2.24, 2.45) is 0 Å². The van der Waals surface area contributed by atoms with Gasteiger partial charge in [0, 0.05) is 4.75 Å². The van der Waals surface area contributed by atoms with Gasteiger partial charge in [-0.3, -0.25) is 0 Å². The average Bonchev–Trinajstić information content (AvgIpc) is 2.31. The van der Waals surface area contributed by atoms with Crippen molar-refractivity contribution in [2.75, 3.05) is 0 Å². The van der Waals surface area contributed by atoms with Gasteiger partial charge in [-0.1, -0.05) is 32.5 Å². The van der Waals surface area contributed by atoms with Crippen molar-refractivity contribution in [3.63, 3.8) is 0 Å². The Morgan fingerprint density at radius 2 is 2.23 bits per heavy atom. The molecule has 0 aliphatic rings. The van der Waals surface area contributed by atoms with E-state index in [1.54, 1.807) is 11.8 Å². The molecule has 1 N–H and O–H groups in total. The Morgan fingerprint density at radius 3 is 2.62 bits per heavy atom. The Balaban J connectivity index is 2.75. The number of hydrogen-bond donors (Lipinski definition) is 1. The van der Waals surface area contributed by atoms with Gasteiger partial charge in [0.2, 0.25) is 0 Å². The van der Waals surface area contributed by atoms with Crippen LogP contribution in [0.2, 0.25) is 0 Å². The van der Waals surface area contributed by atoms with Crippen LogP contribution in [0.4, 0.5) is 0 Å². The number of carboxylic acids is 1. The standard InChI is InChI=1S/C8H11NO2S2/c1-8(2,3)13-7-9-4-5(12-7)6(10)11/h4H,1-3H3,(H,10,11). The van der Waals surface area contributed by atoms with Crippen LogP contribution in [0.15, 0.2) is 10.5 Å². The smallest absolute Gasteiger partial charge is 0.347 e. The molecule has 0 saturated heterocycles. The van der Waals surface area contributed by atoms with Crippen molar-refractivity contribution in [2.45, 2.75) is 29.9 Å². The number of thiazole rings is 1. The first-order chi connectivity index (χ1) is 5.88. The van der Waals surface area contributed by atoms with Gasteiger partial charge < -0.3 is 5.11 Å². The summed E-state index contributed by atoms with van der Waals surface area (Å²) >= 11 is 2.80. The van der Waals surface area contributed by atoms with E-state index in [9.17, 15) is 4.79 Å². The molecule has 0 fully saturated rings. The average molecular weight is 217 g/mol. The normalized spacial score (nSPS) is 11.6. The third kappa shape index (κ3) is 3.36. The molecule has 0 saturated carbocycles. The molecule has 0 aliphatic carbocycles. The van der Waals surface area contributed by atoms with E-state index in [0.717, 1.165) is 4.34 Å². The van der Waals surface area contributed by atoms with Gasteiger partial charge in [0.05, 0.1) is 6.20 Å². The fourth-order valence-electron chi connectivity index (χ4n) is 0.666. The number of rotatable bonds is 2. The van der Waals surface area contributed by atoms with Gasteiger partial charge in [-0.05, 0) is 0 Å². The van der Waals surface area contributed by atoms with Crippen LogP contribution in [0.5, 0.6) is 0 Å². The molecule has 0 aromatic carbocycles. The predicted octanol–water partition coefficient (Wildman–Crippen LogP) is 2.73. The highest BCUT2D eigenvalue weighted by Gasteiger charge is 2.16. The van der Waals surface area contributed by atoms with Gasteiger partial charge >= 0.3 is 5.97 Å². The van der Waals surface area contributed by atoms with Crippen LogP contribution in [0.3, 0.4) is 0 Å². The van der Waals surface area contributed by atoms with Gasteiger partial charge in [0.1, 0.15) is 4.88 Å². The minimum Gasteiger partial charge on any atom is -0.477 e. The highest BCUT2D eigenvalue weighted by atomic mass is 32.2. The number of nitrogens with zero attached hydrogens (tertiary/aromatic N) is 1. The monoisotopic (exact) mass is 217 g/mol. The molecule has 5 heteroatoms. The molecule has 1 aromatic rings. The summed E-state index contributed by atoms with van der Waals surface area (Å²) in [7, 11) is 0. The van der Waals surface area contributed by atoms with Gasteiger partial charge in [-0.15, -0.1) is 11.3 Å². The zero-order valence-electron chi connectivity index (χ0n) is 7.70. The highest BCUT2D eigenvalue weighted by molar-refractivity contribution is 8.02. The Hall–Kier alpha value is -0.550. The Kier molecular flexibility index (Phi) is 2.98. The molecule has 3 nitrogen and oxygen atoms in total. The van der Waals surface area contributed by atoms with Crippen LogP contribution in [0.25, 0.3) is 0 Å². The van der Waals surface area contributed by atoms with Crippen LogP contribution in [-0.2, 0) is 0 Å². The summed E-state index contributed by atoms with van der Waals surface area (Å²) in [5.74, 6) is -0.904. The number of carboxylic acid groups (broad SMARTS) is 1. The molecular formula is C8H11NO2S2. The molecule has 72 valence electrons. The summed E-state index contributed by atoms with van der Waals surface area (Å²) in [5, 5.41) is 8.66. The second kappa shape index (κ2) is 3.67. The van der Waals surface area contributed by atoms with Crippen molar-refractivity contribution in [1.29, 1.82) is 0 Å². The van der Waals surface area contributed by atoms with Gasteiger partial charge in [0.25, 0.3) is 0 Å². The molecule has 0 bridgehead atoms. The van der Waals surface area contributed by atoms with E-state index >= 15 is 0 Å². The lowest BCUT2D eigenvalue weighted by atomic mass is 10.3. The number of carbonyl (C=O) groups is 1. The van der Waals surface area contributed by atoms with Crippen LogP contribution in [0, 0.1) is 0 Å². The van der Waals surface area contributed by atoms with Crippen LogP contribution >= 0.6 is 23.1 Å². The Morgan fingerprint density at radius 1 is 1.62 bits per heavy atom. The van der Waals surface area contributed by atoms with Gasteiger partial charge in [0.15, 0.2) is 4.34 Å². The number of aromatic nitrogens is 1. The molecule has 0 amide bonds. The molecule has 1 rings (SSSR count). The Bertz CT molecular complexity index is 314. The van der Waals surface area contributed by atoms with E-state index < -0.39 is 5.97 Å². The molecule has 0 spiro atoms. The maximum absolute atomic E-state index is 10.5. The summed E-state index contributed by atoms with van der Waals surface area (Å²) in [5.41, 5.74) is 0. The van der Waals surface area contributed by atoms with Crippen LogP contribution < -0.4 is 0 Å². The summed E-state index contributed by atoms with van der Waals surface area (Å²) in [4.78, 5) is 14.9. The molecule has 1 aromatic heterocycles. The molecule has 1 heterocycles. The number of thioether (sulfide) groups is 1. The van der Waals surface area contributed by atoms with E-state index in [-0.39, 0.29) is 4.75 Å². The minimum atomic E-state index is -0.904. The molecule has 0 aliphatic heterocycles. The van der Waals surface area contributed by atoms with Crippen LogP contribution in [-0.4, -0.2) is 20.8 Å². The van der Waals surface area contributed by atoms with Crippen LogP contribution in [0.1, 0.15) is 30.4 Å². The topological polar surface area (TPSA) is 50.2 Å². The van der Waals surface area contributed by atoms with Gasteiger partial charge in [-0.2, -0.15) is 0 Å². The van der Waals surface area contributed by atoms with E-state index in [2.05, 4.69) is 25.8 Å². The first-order valence-electron chi connectivity index (χ1n) is 3.76. The van der Waals surface area contributed by atoms with Crippen molar-refractivity contribution in [3.05, 3.63) is 11.1 Å². The quantitative estimate of drug-likeness (QED) is 0.774. The van der Waals surface area contributed by atoms with E-state index in [0.29, 0.717) is 4.88 Å². The third-order valence-electron chi connectivity index (χ3n) is 1.09.